The summed E-state index contributed by atoms with van der Waals surface area (Å²) in [6, 6.07) is 12.0. The summed E-state index contributed by atoms with van der Waals surface area (Å²) in [5.74, 6) is -0.639. The summed E-state index contributed by atoms with van der Waals surface area (Å²) in [5.41, 5.74) is 4.84. The minimum Gasteiger partial charge on any atom is -0.481 e. The van der Waals surface area contributed by atoms with E-state index >= 15 is 0 Å². The van der Waals surface area contributed by atoms with Crippen molar-refractivity contribution in [2.45, 2.75) is 26.8 Å². The summed E-state index contributed by atoms with van der Waals surface area (Å²) in [5, 5.41) is 11.7. The Morgan fingerprint density at radius 2 is 1.82 bits per heavy atom. The Hall–Kier alpha value is -2.86. The highest BCUT2D eigenvalue weighted by molar-refractivity contribution is 5.94. The third kappa shape index (κ3) is 4.89. The van der Waals surface area contributed by atoms with Crippen LogP contribution in [0.15, 0.2) is 36.4 Å². The van der Waals surface area contributed by atoms with Gasteiger partial charge in [-0.15, -0.1) is 0 Å². The Kier molecular flexibility index (Phi) is 6.31. The number of aliphatic carboxylic acids is 1. The number of nitrogens with zero attached hydrogens (tertiary/aromatic N) is 1. The van der Waals surface area contributed by atoms with E-state index in [0.717, 1.165) is 37.2 Å². The van der Waals surface area contributed by atoms with Crippen molar-refractivity contribution in [3.63, 3.8) is 0 Å². The number of amides is 1. The fourth-order valence-electron chi connectivity index (χ4n) is 3.62. The minimum atomic E-state index is -1.03. The van der Waals surface area contributed by atoms with Crippen LogP contribution in [0.4, 0.5) is 0 Å². The van der Waals surface area contributed by atoms with Crippen LogP contribution < -0.4 is 10.1 Å². The van der Waals surface area contributed by atoms with Crippen LogP contribution in [0.1, 0.15) is 32.6 Å². The van der Waals surface area contributed by atoms with Gasteiger partial charge in [0.15, 0.2) is 6.61 Å². The van der Waals surface area contributed by atoms with Gasteiger partial charge in [0, 0.05) is 31.7 Å². The molecule has 0 atom stereocenters. The normalized spacial score (nSPS) is 13.6. The van der Waals surface area contributed by atoms with Crippen molar-refractivity contribution in [2.75, 3.05) is 26.2 Å². The molecule has 2 aromatic rings. The zero-order chi connectivity index (χ0) is 20.1. The molecule has 1 amide bonds. The van der Waals surface area contributed by atoms with Gasteiger partial charge >= 0.3 is 5.97 Å². The van der Waals surface area contributed by atoms with Gasteiger partial charge in [-0.05, 0) is 54.7 Å². The van der Waals surface area contributed by atoms with Crippen LogP contribution in [0.3, 0.4) is 0 Å². The van der Waals surface area contributed by atoms with E-state index in [1.54, 1.807) is 12.1 Å². The Morgan fingerprint density at radius 3 is 2.50 bits per heavy atom. The molecule has 0 spiro atoms. The Balaban J connectivity index is 1.53. The van der Waals surface area contributed by atoms with E-state index in [0.29, 0.717) is 17.9 Å². The van der Waals surface area contributed by atoms with Crippen LogP contribution in [-0.4, -0.2) is 48.1 Å². The summed E-state index contributed by atoms with van der Waals surface area (Å²) in [4.78, 5) is 25.5. The van der Waals surface area contributed by atoms with Crippen LogP contribution in [0.5, 0.6) is 5.75 Å². The number of carboxylic acids is 1. The third-order valence-electron chi connectivity index (χ3n) is 4.99. The van der Waals surface area contributed by atoms with Gasteiger partial charge < -0.3 is 15.2 Å². The number of rotatable bonds is 7. The van der Waals surface area contributed by atoms with Crippen LogP contribution in [0.25, 0.3) is 0 Å². The number of ether oxygens (including phenoxy) is 1. The predicted octanol–water partition coefficient (Wildman–Crippen LogP) is 2.55. The van der Waals surface area contributed by atoms with Crippen molar-refractivity contribution < 1.29 is 19.4 Å². The minimum absolute atomic E-state index is 0.131. The lowest BCUT2D eigenvalue weighted by molar-refractivity contribution is -0.139. The summed E-state index contributed by atoms with van der Waals surface area (Å²) < 4.78 is 5.31. The Labute approximate surface area is 165 Å². The number of hydrogen-bond acceptors (Lipinski definition) is 4. The lowest BCUT2D eigenvalue weighted by atomic mass is 10.00. The van der Waals surface area contributed by atoms with Gasteiger partial charge in [-0.2, -0.15) is 0 Å². The number of carbonyl (C=O) groups excluding carboxylic acids is 1. The maximum absolute atomic E-state index is 12.5. The van der Waals surface area contributed by atoms with Crippen LogP contribution in [-0.2, 0) is 17.8 Å². The van der Waals surface area contributed by atoms with Crippen molar-refractivity contribution in [2.24, 2.45) is 0 Å². The first kappa shape index (κ1) is 19.9. The molecule has 1 aliphatic rings. The van der Waals surface area contributed by atoms with E-state index in [1.807, 2.05) is 13.8 Å². The van der Waals surface area contributed by atoms with Crippen molar-refractivity contribution in [1.29, 1.82) is 0 Å². The number of carbonyl (C=O) groups is 2. The van der Waals surface area contributed by atoms with Gasteiger partial charge in [0.05, 0.1) is 0 Å². The highest BCUT2D eigenvalue weighted by Gasteiger charge is 2.16. The molecule has 0 radical (unpaired) electrons. The second-order valence-corrected chi connectivity index (χ2v) is 7.17. The molecule has 0 saturated heterocycles. The fraction of sp³-hybridized carbons (Fsp3) is 0.364. The van der Waals surface area contributed by atoms with Crippen LogP contribution in [0, 0.1) is 13.8 Å². The van der Waals surface area contributed by atoms with Crippen molar-refractivity contribution >= 4 is 11.9 Å². The number of nitrogens with one attached hydrogen (secondary N) is 1. The molecule has 2 aromatic carbocycles. The lowest BCUT2D eigenvalue weighted by Gasteiger charge is -2.28. The molecule has 148 valence electrons. The summed E-state index contributed by atoms with van der Waals surface area (Å²) in [6.45, 7) is 6.53. The van der Waals surface area contributed by atoms with E-state index in [-0.39, 0.29) is 5.91 Å². The van der Waals surface area contributed by atoms with E-state index in [2.05, 4.69) is 34.5 Å². The molecule has 0 aromatic heterocycles. The summed E-state index contributed by atoms with van der Waals surface area (Å²) >= 11 is 0. The standard InChI is InChI=1S/C22H26N2O4/c1-15-11-19(12-16(2)21(15)28-14-20(25)26)22(27)23-8-10-24-9-7-17-5-3-4-6-18(17)13-24/h3-6,11-12H,7-10,13-14H2,1-2H3,(H,23,27)(H,25,26). The van der Waals surface area contributed by atoms with Crippen molar-refractivity contribution in [3.8, 4) is 5.75 Å². The van der Waals surface area contributed by atoms with Crippen molar-refractivity contribution in [3.05, 3.63) is 64.2 Å². The predicted molar refractivity (Wildman–Crippen MR) is 107 cm³/mol. The zero-order valence-electron chi connectivity index (χ0n) is 16.3. The molecule has 6 nitrogen and oxygen atoms in total. The van der Waals surface area contributed by atoms with Gasteiger partial charge in [-0.1, -0.05) is 24.3 Å². The highest BCUT2D eigenvalue weighted by Crippen LogP contribution is 2.25. The molecule has 0 saturated carbocycles. The molecule has 3 rings (SSSR count). The first-order chi connectivity index (χ1) is 13.4. The smallest absolute Gasteiger partial charge is 0.341 e. The van der Waals surface area contributed by atoms with Gasteiger partial charge in [0.25, 0.3) is 5.91 Å². The van der Waals surface area contributed by atoms with E-state index in [9.17, 15) is 9.59 Å². The van der Waals surface area contributed by atoms with Gasteiger partial charge in [-0.3, -0.25) is 9.69 Å². The van der Waals surface area contributed by atoms with E-state index < -0.39 is 12.6 Å². The van der Waals surface area contributed by atoms with E-state index in [4.69, 9.17) is 9.84 Å². The zero-order valence-corrected chi connectivity index (χ0v) is 16.3. The van der Waals surface area contributed by atoms with E-state index in [1.165, 1.54) is 11.1 Å². The summed E-state index contributed by atoms with van der Waals surface area (Å²) in [6.07, 6.45) is 1.04. The molecule has 6 heteroatoms. The van der Waals surface area contributed by atoms with Crippen LogP contribution in [0.2, 0.25) is 0 Å². The molecule has 0 unspecified atom stereocenters. The first-order valence-electron chi connectivity index (χ1n) is 9.47. The maximum atomic E-state index is 12.5. The van der Waals surface area contributed by atoms with Crippen LogP contribution >= 0.6 is 0 Å². The molecule has 0 fully saturated rings. The molecule has 1 heterocycles. The topological polar surface area (TPSA) is 78.9 Å². The lowest BCUT2D eigenvalue weighted by Crippen LogP contribution is -2.37. The molecule has 2 N–H and O–H groups in total. The number of benzene rings is 2. The number of carboxylic acid groups (broad SMARTS) is 1. The average Bonchev–Trinajstić information content (AvgIpc) is 2.66. The van der Waals surface area contributed by atoms with Gasteiger partial charge in [0.2, 0.25) is 0 Å². The molecule has 28 heavy (non-hydrogen) atoms. The SMILES string of the molecule is Cc1cc(C(=O)NCCN2CCc3ccccc3C2)cc(C)c1OCC(=O)O. The fourth-order valence-corrected chi connectivity index (χ4v) is 3.62. The summed E-state index contributed by atoms with van der Waals surface area (Å²) in [7, 11) is 0. The first-order valence-corrected chi connectivity index (χ1v) is 9.47. The molecular formula is C22H26N2O4. The number of aryl methyl sites for hydroxylation is 2. The third-order valence-corrected chi connectivity index (χ3v) is 4.99. The Morgan fingerprint density at radius 1 is 1.14 bits per heavy atom. The largest absolute Gasteiger partial charge is 0.481 e. The van der Waals surface area contributed by atoms with Gasteiger partial charge in [0.1, 0.15) is 5.75 Å². The van der Waals surface area contributed by atoms with Gasteiger partial charge in [-0.25, -0.2) is 4.79 Å². The molecule has 0 bridgehead atoms. The average molecular weight is 382 g/mol. The number of fused-ring (bicyclic) bond motifs is 1. The number of hydrogen-bond donors (Lipinski definition) is 2. The Bertz CT molecular complexity index is 856. The molecular weight excluding hydrogens is 356 g/mol. The highest BCUT2D eigenvalue weighted by atomic mass is 16.5. The van der Waals surface area contributed by atoms with Crippen molar-refractivity contribution in [1.82, 2.24) is 10.2 Å². The monoisotopic (exact) mass is 382 g/mol. The second-order valence-electron chi connectivity index (χ2n) is 7.17. The second kappa shape index (κ2) is 8.89. The maximum Gasteiger partial charge on any atom is 0.341 e. The molecule has 0 aliphatic carbocycles. The molecule has 1 aliphatic heterocycles. The quantitative estimate of drug-likeness (QED) is 0.769.